The minimum Gasteiger partial charge on any atom is -0.312 e. The number of rotatable bonds is 12. The van der Waals surface area contributed by atoms with Gasteiger partial charge in [-0.3, -0.25) is 9.80 Å². The molecular weight excluding hydrogens is 492 g/mol. The Balaban J connectivity index is 0.000000220. The molecule has 0 bridgehead atoms. The highest BCUT2D eigenvalue weighted by atomic mass is 15.3. The number of likely N-dealkylation sites (N-methyl/N-ethyl adjacent to an activating group) is 2. The molecule has 2 N–H and O–H groups in total. The molecular formula is C34H54N6. The van der Waals surface area contributed by atoms with Gasteiger partial charge in [0.2, 0.25) is 0 Å². The maximum atomic E-state index is 3.84. The summed E-state index contributed by atoms with van der Waals surface area (Å²) in [6.07, 6.45) is 3.95. The molecule has 0 aromatic heterocycles. The average molecular weight is 547 g/mol. The van der Waals surface area contributed by atoms with Crippen molar-refractivity contribution < 1.29 is 0 Å². The van der Waals surface area contributed by atoms with Crippen molar-refractivity contribution >= 4 is 0 Å². The van der Waals surface area contributed by atoms with E-state index in [1.165, 1.54) is 11.1 Å². The van der Waals surface area contributed by atoms with E-state index in [0.717, 1.165) is 65.4 Å². The van der Waals surface area contributed by atoms with Gasteiger partial charge in [0.15, 0.2) is 0 Å². The van der Waals surface area contributed by atoms with Gasteiger partial charge in [-0.1, -0.05) is 72.8 Å². The number of benzene rings is 2. The molecule has 40 heavy (non-hydrogen) atoms. The lowest BCUT2D eigenvalue weighted by Crippen LogP contribution is -2.52. The topological polar surface area (TPSA) is 37.0 Å². The summed E-state index contributed by atoms with van der Waals surface area (Å²) in [5.74, 6) is 0. The molecule has 2 aliphatic heterocycles. The molecule has 2 aromatic rings. The van der Waals surface area contributed by atoms with Crippen LogP contribution in [0.3, 0.4) is 0 Å². The van der Waals surface area contributed by atoms with Crippen LogP contribution in [-0.2, 0) is 0 Å². The number of nitrogens with zero attached hydrogens (tertiary/aromatic N) is 4. The summed E-state index contributed by atoms with van der Waals surface area (Å²) in [6.45, 7) is 22.8. The third kappa shape index (κ3) is 10.6. The predicted octanol–water partition coefficient (Wildman–Crippen LogP) is 4.28. The van der Waals surface area contributed by atoms with Crippen LogP contribution in [0.5, 0.6) is 0 Å². The Morgan fingerprint density at radius 3 is 1.43 bits per heavy atom. The minimum absolute atomic E-state index is 0.464. The van der Waals surface area contributed by atoms with E-state index in [4.69, 9.17) is 0 Å². The number of nitrogens with one attached hydrogen (secondary N) is 2. The molecule has 2 heterocycles. The highest BCUT2D eigenvalue weighted by Crippen LogP contribution is 2.24. The van der Waals surface area contributed by atoms with Gasteiger partial charge in [-0.25, -0.2) is 0 Å². The third-order valence-electron chi connectivity index (χ3n) is 7.90. The Kier molecular flexibility index (Phi) is 14.1. The zero-order valence-electron chi connectivity index (χ0n) is 25.5. The first-order chi connectivity index (χ1) is 19.4. The van der Waals surface area contributed by atoms with Crippen LogP contribution in [0.15, 0.2) is 86.0 Å². The van der Waals surface area contributed by atoms with Gasteiger partial charge in [0.1, 0.15) is 0 Å². The molecule has 0 saturated carbocycles. The molecule has 0 unspecified atom stereocenters. The van der Waals surface area contributed by atoms with Gasteiger partial charge in [-0.15, -0.1) is 13.2 Å². The summed E-state index contributed by atoms with van der Waals surface area (Å²) in [5.41, 5.74) is 2.83. The molecule has 4 atom stereocenters. The SMILES string of the molecule is C=CCN(C)C[C@@H](c1ccccc1)N1CCN[C@H](C)C1.C=CCN(C)C[C@H](c1ccccc1)N1CCN[C@H](C)C1. The summed E-state index contributed by atoms with van der Waals surface area (Å²) in [5, 5.41) is 7.05. The van der Waals surface area contributed by atoms with Crippen LogP contribution in [0, 0.1) is 0 Å². The van der Waals surface area contributed by atoms with Gasteiger partial charge >= 0.3 is 0 Å². The van der Waals surface area contributed by atoms with E-state index in [1.54, 1.807) is 0 Å². The second kappa shape index (κ2) is 17.5. The van der Waals surface area contributed by atoms with Gasteiger partial charge in [0, 0.05) is 89.6 Å². The minimum atomic E-state index is 0.464. The van der Waals surface area contributed by atoms with Crippen molar-refractivity contribution in [1.82, 2.24) is 30.2 Å². The molecule has 2 aromatic carbocycles. The number of hydrogen-bond acceptors (Lipinski definition) is 6. The fourth-order valence-corrected chi connectivity index (χ4v) is 5.88. The maximum Gasteiger partial charge on any atom is 0.0476 e. The normalized spacial score (nSPS) is 21.9. The summed E-state index contributed by atoms with van der Waals surface area (Å²) in [6, 6.07) is 23.8. The molecule has 0 spiro atoms. The zero-order chi connectivity index (χ0) is 28.7. The van der Waals surface area contributed by atoms with Crippen molar-refractivity contribution in [2.24, 2.45) is 0 Å². The highest BCUT2D eigenvalue weighted by Gasteiger charge is 2.26. The van der Waals surface area contributed by atoms with Crippen molar-refractivity contribution in [2.75, 3.05) is 79.5 Å². The molecule has 6 nitrogen and oxygen atoms in total. The Bertz CT molecular complexity index is 887. The van der Waals surface area contributed by atoms with E-state index in [-0.39, 0.29) is 0 Å². The van der Waals surface area contributed by atoms with E-state index in [2.05, 4.69) is 132 Å². The first kappa shape index (κ1) is 32.2. The second-order valence-corrected chi connectivity index (χ2v) is 11.6. The molecule has 0 aliphatic carbocycles. The van der Waals surface area contributed by atoms with Crippen molar-refractivity contribution in [3.05, 3.63) is 97.1 Å². The van der Waals surface area contributed by atoms with Crippen LogP contribution in [0.25, 0.3) is 0 Å². The van der Waals surface area contributed by atoms with Gasteiger partial charge in [0.25, 0.3) is 0 Å². The Morgan fingerprint density at radius 1 is 0.725 bits per heavy atom. The van der Waals surface area contributed by atoms with Crippen LogP contribution in [0.4, 0.5) is 0 Å². The largest absolute Gasteiger partial charge is 0.312 e. The van der Waals surface area contributed by atoms with Gasteiger partial charge in [0.05, 0.1) is 0 Å². The molecule has 0 radical (unpaired) electrons. The van der Waals surface area contributed by atoms with Gasteiger partial charge in [-0.05, 0) is 39.1 Å². The molecule has 0 amide bonds. The van der Waals surface area contributed by atoms with Crippen LogP contribution in [0.1, 0.15) is 37.1 Å². The highest BCUT2D eigenvalue weighted by molar-refractivity contribution is 5.21. The van der Waals surface area contributed by atoms with Crippen LogP contribution in [-0.4, -0.2) is 111 Å². The molecule has 6 heteroatoms. The Labute approximate surface area is 244 Å². The maximum absolute atomic E-state index is 3.84. The van der Waals surface area contributed by atoms with E-state index >= 15 is 0 Å². The summed E-state index contributed by atoms with van der Waals surface area (Å²) >= 11 is 0. The predicted molar refractivity (Wildman–Crippen MR) is 172 cm³/mol. The van der Waals surface area contributed by atoms with Crippen molar-refractivity contribution in [2.45, 2.75) is 38.0 Å². The van der Waals surface area contributed by atoms with E-state index in [1.807, 2.05) is 12.2 Å². The summed E-state index contributed by atoms with van der Waals surface area (Å²) in [7, 11) is 4.34. The van der Waals surface area contributed by atoms with Crippen LogP contribution in [0.2, 0.25) is 0 Å². The standard InChI is InChI=1S/2C17H27N3/c2*1-4-11-19(3)14-17(16-8-6-5-7-9-16)20-12-10-18-15(2)13-20/h2*4-9,15,17-18H,1,10-14H2,2-3H3/t15-,17+;15-,17-/m11/s1. The van der Waals surface area contributed by atoms with Crippen LogP contribution < -0.4 is 10.6 Å². The third-order valence-corrected chi connectivity index (χ3v) is 7.90. The van der Waals surface area contributed by atoms with Crippen molar-refractivity contribution in [3.8, 4) is 0 Å². The molecule has 2 aliphatic rings. The second-order valence-electron chi connectivity index (χ2n) is 11.6. The quantitative estimate of drug-likeness (QED) is 0.387. The van der Waals surface area contributed by atoms with E-state index in [0.29, 0.717) is 24.2 Å². The fraction of sp³-hybridized carbons (Fsp3) is 0.529. The molecule has 4 rings (SSSR count). The Hall–Kier alpha value is -2.32. The smallest absolute Gasteiger partial charge is 0.0476 e. The van der Waals surface area contributed by atoms with E-state index in [9.17, 15) is 0 Å². The first-order valence-electron chi connectivity index (χ1n) is 15.0. The summed E-state index contributed by atoms with van der Waals surface area (Å²) in [4.78, 5) is 9.90. The van der Waals surface area contributed by atoms with Crippen molar-refractivity contribution in [3.63, 3.8) is 0 Å². The lowest BCUT2D eigenvalue weighted by atomic mass is 10.0. The molecule has 220 valence electrons. The Morgan fingerprint density at radius 2 is 1.10 bits per heavy atom. The first-order valence-corrected chi connectivity index (χ1v) is 15.0. The summed E-state index contributed by atoms with van der Waals surface area (Å²) < 4.78 is 0. The average Bonchev–Trinajstić information content (AvgIpc) is 2.96. The number of piperazine rings is 2. The van der Waals surface area contributed by atoms with E-state index < -0.39 is 0 Å². The van der Waals surface area contributed by atoms with Crippen LogP contribution >= 0.6 is 0 Å². The monoisotopic (exact) mass is 546 g/mol. The lowest BCUT2D eigenvalue weighted by molar-refractivity contribution is 0.121. The molecule has 2 fully saturated rings. The molecule has 2 saturated heterocycles. The van der Waals surface area contributed by atoms with Crippen molar-refractivity contribution in [1.29, 1.82) is 0 Å². The van der Waals surface area contributed by atoms with Gasteiger partial charge in [-0.2, -0.15) is 0 Å². The fourth-order valence-electron chi connectivity index (χ4n) is 5.88. The lowest BCUT2D eigenvalue weighted by Gasteiger charge is -2.39. The van der Waals surface area contributed by atoms with Gasteiger partial charge < -0.3 is 20.4 Å². The number of hydrogen-bond donors (Lipinski definition) is 2. The zero-order valence-corrected chi connectivity index (χ0v) is 25.5.